The zero-order chi connectivity index (χ0) is 100. The van der Waals surface area contributed by atoms with Crippen molar-refractivity contribution in [3.63, 3.8) is 0 Å². The zero-order valence-electron chi connectivity index (χ0n) is 86.9. The number of hydrogen-bond donors (Lipinski definition) is 0. The van der Waals surface area contributed by atoms with Crippen molar-refractivity contribution in [1.29, 1.82) is 0 Å². The largest absolute Gasteiger partial charge is 0.310 e. The van der Waals surface area contributed by atoms with Crippen molar-refractivity contribution in [1.82, 2.24) is 0 Å². The first kappa shape index (κ1) is 71.3. The number of anilines is 12. The highest BCUT2D eigenvalue weighted by molar-refractivity contribution is 6.28. The second-order valence-electron chi connectivity index (χ2n) is 38.7. The molecule has 0 N–H and O–H groups in total. The van der Waals surface area contributed by atoms with E-state index in [1.807, 2.05) is 84.9 Å². The lowest BCUT2D eigenvalue weighted by molar-refractivity contribution is 0.645. The van der Waals surface area contributed by atoms with Crippen LogP contribution in [-0.2, 0) is 21.7 Å². The van der Waals surface area contributed by atoms with Crippen LogP contribution in [0.5, 0.6) is 0 Å². The third kappa shape index (κ3) is 12.9. The Hall–Kier alpha value is -16.4. The van der Waals surface area contributed by atoms with Crippen LogP contribution >= 0.6 is 0 Å². The summed E-state index contributed by atoms with van der Waals surface area (Å²) in [5.41, 5.74) is 33.3. The highest BCUT2D eigenvalue weighted by Crippen LogP contribution is 2.60. The predicted molar refractivity (Wildman–Crippen MR) is 578 cm³/mol. The van der Waals surface area contributed by atoms with E-state index in [0.717, 1.165) is 88.7 Å². The maximum absolute atomic E-state index is 9.10. The maximum Gasteiger partial charge on any atom is 0.0645 e. The molecule has 0 amide bonds. The molecule has 648 valence electrons. The van der Waals surface area contributed by atoms with Crippen LogP contribution in [0.4, 0.5) is 68.2 Å². The fourth-order valence-corrected chi connectivity index (χ4v) is 23.1. The quantitative estimate of drug-likeness (QED) is 0.101. The lowest BCUT2D eigenvalue weighted by Gasteiger charge is -2.37. The second kappa shape index (κ2) is 31.7. The van der Waals surface area contributed by atoms with Crippen LogP contribution in [-0.4, -0.2) is 0 Å². The van der Waals surface area contributed by atoms with E-state index in [2.05, 4.69) is 381 Å². The molecule has 22 aromatic rings. The van der Waals surface area contributed by atoms with Crippen molar-refractivity contribution in [2.75, 3.05) is 19.6 Å². The average Bonchev–Trinajstić information content (AvgIpc) is 0.774. The fraction of sp³-hybridized carbons (Fsp3) is 0.0909. The summed E-state index contributed by atoms with van der Waals surface area (Å²) in [6.45, 7) is 18.7. The molecule has 26 rings (SSSR count). The van der Waals surface area contributed by atoms with Gasteiger partial charge < -0.3 is 19.6 Å². The van der Waals surface area contributed by atoms with Crippen LogP contribution in [0.3, 0.4) is 0 Å². The normalized spacial score (nSPS) is 14.9. The Bertz CT molecular complexity index is 9190. The number of para-hydroxylation sites is 4. The van der Waals surface area contributed by atoms with Gasteiger partial charge in [-0.3, -0.25) is 0 Å². The Labute approximate surface area is 810 Å². The van der Waals surface area contributed by atoms with Crippen LogP contribution < -0.4 is 19.6 Å². The molecule has 0 fully saturated rings. The molecule has 0 unspecified atom stereocenters. The van der Waals surface area contributed by atoms with E-state index in [4.69, 9.17) is 13.7 Å². The molecule has 4 aliphatic carbocycles. The highest BCUT2D eigenvalue weighted by Gasteiger charge is 2.41. The Kier molecular flexibility index (Phi) is 16.6. The number of benzene rings is 22. The average molecular weight is 1750 g/mol. The number of rotatable bonds is 14. The van der Waals surface area contributed by atoms with E-state index in [9.17, 15) is 0 Å². The minimum absolute atomic E-state index is 0.0541. The van der Waals surface area contributed by atoms with E-state index in [0.29, 0.717) is 22.7 Å². The van der Waals surface area contributed by atoms with Gasteiger partial charge in [0, 0.05) is 89.3 Å². The van der Waals surface area contributed by atoms with Crippen molar-refractivity contribution in [2.24, 2.45) is 0 Å². The van der Waals surface area contributed by atoms with E-state index in [1.165, 1.54) is 121 Å². The zero-order valence-corrected chi connectivity index (χ0v) is 76.9. The number of fused-ring (bicyclic) bond motifs is 18. The van der Waals surface area contributed by atoms with Gasteiger partial charge in [0.05, 0.1) is 25.1 Å². The Morgan fingerprint density at radius 3 is 0.904 bits per heavy atom. The van der Waals surface area contributed by atoms with Crippen molar-refractivity contribution in [3.8, 4) is 66.8 Å². The molecule has 0 heterocycles. The molecule has 0 spiro atoms. The number of nitrogens with zero attached hydrogens (tertiary/aromatic N) is 4. The van der Waals surface area contributed by atoms with E-state index < -0.39 is 41.7 Å². The second-order valence-corrected chi connectivity index (χ2v) is 38.7. The molecule has 0 atom stereocenters. The Morgan fingerprint density at radius 1 is 0.162 bits per heavy atom. The first-order chi connectivity index (χ1) is 70.6. The summed E-state index contributed by atoms with van der Waals surface area (Å²) >= 11 is 0. The molecule has 0 aliphatic heterocycles. The summed E-state index contributed by atoms with van der Waals surface area (Å²) in [5.74, 6) is 0. The van der Waals surface area contributed by atoms with Crippen molar-refractivity contribution in [3.05, 3.63) is 505 Å². The standard InChI is InChI=1S/C81H62N2.C51H38N2/c1-79(2)72-30-18-16-26-62(72)69-46-57(42-45-73(69)79)82(55-36-32-53(33-37-55)51-20-9-7-10-21-51)58-40-44-64-70-49-67-60-24-13-14-27-65(60)77(50-68(67)66-28-19-31-74(78(66)70)81(5,6)76(64)47-58)83(56-38-34-54(35-39-56)52-22-11-8-12-23-52)59-41-43-63-61-25-15-17-29-71(61)80(3,4)75(63)48-59;1-51(2)47-29-17-28-43-45-34-49(53(37-22-11-5-12-23-37)38-24-13-6-14-25-38)42-27-16-15-26-40(42)44(45)33-46(50(43)47)41-31-30-39(32-48(41)51)52(35-18-7-3-8-19-35)36-20-9-4-10-21-36/h7-50H,1-6H3;3-34H,1-2H3/i;3D,5D,7D,8D,11D,12D,18D,19D,22D,23D. The van der Waals surface area contributed by atoms with Crippen LogP contribution in [0.15, 0.2) is 461 Å². The molecule has 0 saturated heterocycles. The smallest absolute Gasteiger partial charge is 0.0645 e. The molecule has 4 heteroatoms. The molecular formula is C132H100N4. The maximum atomic E-state index is 9.10. The van der Waals surface area contributed by atoms with Crippen LogP contribution in [0.25, 0.3) is 131 Å². The number of hydrogen-bond acceptors (Lipinski definition) is 4. The molecular weight excluding hydrogens is 1640 g/mol. The molecule has 0 radical (unpaired) electrons. The highest BCUT2D eigenvalue weighted by atomic mass is 15.2. The van der Waals surface area contributed by atoms with Crippen LogP contribution in [0.2, 0.25) is 0 Å². The van der Waals surface area contributed by atoms with Crippen molar-refractivity contribution < 1.29 is 13.7 Å². The van der Waals surface area contributed by atoms with Crippen molar-refractivity contribution in [2.45, 2.75) is 77.0 Å². The lowest BCUT2D eigenvalue weighted by Crippen LogP contribution is -2.24. The lowest BCUT2D eigenvalue weighted by atomic mass is 9.68. The van der Waals surface area contributed by atoms with Crippen molar-refractivity contribution >= 4 is 133 Å². The Morgan fingerprint density at radius 2 is 0.441 bits per heavy atom. The SMILES string of the molecule is CC1(C)c2ccccc2-c2cc(N(c3ccc(-c4ccccc4)cc3)c3ccc4c(c3)C(C)(C)c3cccc5c3c-4cc3c4ccccc4c(N(c4ccc(-c6ccccc6)cc4)c4ccc6c(c4)C(C)(C)c4ccccc4-6)cc53)ccc21.[2H]c1c([2H])c([2H])c(N(c2ccccc2)c2ccc3c(c2)C(C)(C)c2cccc4c2c-3cc2c3ccccc3c(N(c3ccccc3)c3c([2H])c([2H])c([2H])c([2H])c3[2H])cc42)c([2H])c1[2H]. The summed E-state index contributed by atoms with van der Waals surface area (Å²) in [4.78, 5) is 8.53. The van der Waals surface area contributed by atoms with Crippen LogP contribution in [0.1, 0.15) is 114 Å². The summed E-state index contributed by atoms with van der Waals surface area (Å²) in [7, 11) is 0. The molecule has 136 heavy (non-hydrogen) atoms. The molecule has 22 aromatic carbocycles. The van der Waals surface area contributed by atoms with E-state index >= 15 is 0 Å². The van der Waals surface area contributed by atoms with Crippen LogP contribution in [0, 0.1) is 0 Å². The van der Waals surface area contributed by atoms with E-state index in [-0.39, 0.29) is 51.8 Å². The molecule has 0 bridgehead atoms. The van der Waals surface area contributed by atoms with Gasteiger partial charge in [-0.05, 0) is 311 Å². The minimum atomic E-state index is -0.573. The molecule has 0 saturated carbocycles. The molecule has 4 aliphatic rings. The first-order valence-corrected chi connectivity index (χ1v) is 47.0. The van der Waals surface area contributed by atoms with Gasteiger partial charge >= 0.3 is 0 Å². The fourth-order valence-electron chi connectivity index (χ4n) is 23.1. The topological polar surface area (TPSA) is 13.0 Å². The minimum Gasteiger partial charge on any atom is -0.310 e. The van der Waals surface area contributed by atoms with Gasteiger partial charge in [0.2, 0.25) is 0 Å². The third-order valence-corrected chi connectivity index (χ3v) is 29.8. The summed E-state index contributed by atoms with van der Waals surface area (Å²) in [5, 5.41) is 13.3. The monoisotopic (exact) mass is 1750 g/mol. The summed E-state index contributed by atoms with van der Waals surface area (Å²) in [6, 6.07) is 140. The Balaban J connectivity index is 0.000000158. The third-order valence-electron chi connectivity index (χ3n) is 29.8. The van der Waals surface area contributed by atoms with E-state index in [1.54, 1.807) is 9.80 Å². The van der Waals surface area contributed by atoms with Gasteiger partial charge in [-0.2, -0.15) is 0 Å². The van der Waals surface area contributed by atoms with Gasteiger partial charge in [-0.1, -0.05) is 371 Å². The first-order valence-electron chi connectivity index (χ1n) is 52.0. The van der Waals surface area contributed by atoms with Gasteiger partial charge in [-0.25, -0.2) is 0 Å². The summed E-state index contributed by atoms with van der Waals surface area (Å²) in [6.07, 6.45) is 0. The van der Waals surface area contributed by atoms with Gasteiger partial charge in [0.15, 0.2) is 0 Å². The molecule has 0 aromatic heterocycles. The van der Waals surface area contributed by atoms with Gasteiger partial charge in [0.1, 0.15) is 0 Å². The molecule has 4 nitrogen and oxygen atoms in total. The van der Waals surface area contributed by atoms with Gasteiger partial charge in [-0.15, -0.1) is 0 Å². The summed E-state index contributed by atoms with van der Waals surface area (Å²) < 4.78 is 87.1. The van der Waals surface area contributed by atoms with Gasteiger partial charge in [0.25, 0.3) is 0 Å². The predicted octanol–water partition coefficient (Wildman–Crippen LogP) is 36.7.